The molecule has 1 amide bonds. The van der Waals surface area contributed by atoms with Crippen LogP contribution in [0.1, 0.15) is 26.7 Å². The summed E-state index contributed by atoms with van der Waals surface area (Å²) in [7, 11) is 0. The topological polar surface area (TPSA) is 122 Å². The Hall–Kier alpha value is -2.19. The fourth-order valence-corrected chi connectivity index (χ4v) is 1.89. The summed E-state index contributed by atoms with van der Waals surface area (Å²) in [5, 5.41) is 25.0. The highest BCUT2D eigenvalue weighted by Gasteiger charge is 2.22. The summed E-state index contributed by atoms with van der Waals surface area (Å²) in [6, 6.07) is 3.99. The fourth-order valence-electron chi connectivity index (χ4n) is 1.89. The molecule has 0 heterocycles. The van der Waals surface area contributed by atoms with Crippen LogP contribution in [0.15, 0.2) is 24.3 Å². The maximum Gasteiger partial charge on any atom is 0.320 e. The number of carbonyl (C=O) groups excluding carboxylic acids is 1. The van der Waals surface area contributed by atoms with Crippen LogP contribution in [0.25, 0.3) is 0 Å². The van der Waals surface area contributed by atoms with Gasteiger partial charge in [0.1, 0.15) is 6.04 Å². The molecule has 0 spiro atoms. The van der Waals surface area contributed by atoms with Gasteiger partial charge in [0, 0.05) is 17.8 Å². The maximum atomic E-state index is 12.0. The lowest BCUT2D eigenvalue weighted by Crippen LogP contribution is -2.47. The summed E-state index contributed by atoms with van der Waals surface area (Å²) in [5.41, 5.74) is 0.156. The van der Waals surface area contributed by atoms with Crippen LogP contribution < -0.4 is 10.6 Å². The van der Waals surface area contributed by atoms with Crippen LogP contribution in [0.2, 0.25) is 0 Å². The van der Waals surface area contributed by atoms with Gasteiger partial charge in [0.2, 0.25) is 5.91 Å². The van der Waals surface area contributed by atoms with Gasteiger partial charge in [-0.05, 0) is 19.4 Å². The molecular weight excluding hydrogens is 326 g/mol. The predicted octanol–water partition coefficient (Wildman–Crippen LogP) is 2.19. The Morgan fingerprint density at radius 3 is 2.57 bits per heavy atom. The van der Waals surface area contributed by atoms with Gasteiger partial charge in [-0.2, -0.15) is 0 Å². The van der Waals surface area contributed by atoms with Crippen molar-refractivity contribution in [2.75, 3.05) is 5.32 Å². The van der Waals surface area contributed by atoms with E-state index < -0.39 is 28.9 Å². The first-order chi connectivity index (χ1) is 10.3. The molecule has 3 N–H and O–H groups in total. The Kier molecular flexibility index (Phi) is 8.82. The molecule has 0 aliphatic rings. The molecular formula is C14H20ClN3O5. The molecule has 1 aromatic rings. The van der Waals surface area contributed by atoms with Gasteiger partial charge < -0.3 is 10.4 Å². The van der Waals surface area contributed by atoms with Crippen LogP contribution in [0.5, 0.6) is 0 Å². The van der Waals surface area contributed by atoms with E-state index in [1.165, 1.54) is 31.2 Å². The maximum absolute atomic E-state index is 12.0. The SMILES string of the molecule is CCCC(NC(C)C(=O)Nc1cccc([N+](=O)[O-])c1)C(=O)O.Cl. The van der Waals surface area contributed by atoms with Crippen LogP contribution in [0, 0.1) is 10.1 Å². The van der Waals surface area contributed by atoms with E-state index in [4.69, 9.17) is 5.11 Å². The molecule has 0 saturated heterocycles. The molecule has 9 heteroatoms. The molecule has 0 aliphatic heterocycles. The number of anilines is 1. The number of nitrogens with one attached hydrogen (secondary N) is 2. The Morgan fingerprint density at radius 2 is 2.04 bits per heavy atom. The number of halogens is 1. The summed E-state index contributed by atoms with van der Waals surface area (Å²) >= 11 is 0. The number of benzene rings is 1. The van der Waals surface area contributed by atoms with E-state index >= 15 is 0 Å². The van der Waals surface area contributed by atoms with Crippen molar-refractivity contribution < 1.29 is 19.6 Å². The van der Waals surface area contributed by atoms with E-state index in [9.17, 15) is 19.7 Å². The number of carboxylic acid groups (broad SMARTS) is 1. The molecule has 23 heavy (non-hydrogen) atoms. The minimum absolute atomic E-state index is 0. The molecule has 8 nitrogen and oxygen atoms in total. The second kappa shape index (κ2) is 9.75. The number of aliphatic carboxylic acids is 1. The second-order valence-corrected chi connectivity index (χ2v) is 4.86. The first-order valence-corrected chi connectivity index (χ1v) is 6.89. The van der Waals surface area contributed by atoms with E-state index in [1.807, 2.05) is 6.92 Å². The quantitative estimate of drug-likeness (QED) is 0.490. The zero-order valence-corrected chi connectivity index (χ0v) is 13.6. The number of non-ortho nitro benzene ring substituents is 1. The van der Waals surface area contributed by atoms with Gasteiger partial charge >= 0.3 is 5.97 Å². The average Bonchev–Trinajstić information content (AvgIpc) is 2.46. The van der Waals surface area contributed by atoms with Crippen molar-refractivity contribution >= 4 is 35.7 Å². The monoisotopic (exact) mass is 345 g/mol. The molecule has 0 fully saturated rings. The zero-order valence-electron chi connectivity index (χ0n) is 12.8. The third kappa shape index (κ3) is 6.62. The van der Waals surface area contributed by atoms with Crippen LogP contribution >= 0.6 is 12.4 Å². The minimum atomic E-state index is -1.02. The number of nitrogens with zero attached hydrogens (tertiary/aromatic N) is 1. The molecule has 0 bridgehead atoms. The summed E-state index contributed by atoms with van der Waals surface area (Å²) in [6.45, 7) is 3.39. The van der Waals surface area contributed by atoms with Crippen LogP contribution in [-0.4, -0.2) is 34.0 Å². The summed E-state index contributed by atoms with van der Waals surface area (Å²) < 4.78 is 0. The normalized spacial score (nSPS) is 12.6. The zero-order chi connectivity index (χ0) is 16.7. The molecule has 2 atom stereocenters. The Labute approximate surface area is 139 Å². The highest BCUT2D eigenvalue weighted by molar-refractivity contribution is 5.95. The van der Waals surface area contributed by atoms with Gasteiger partial charge in [0.25, 0.3) is 5.69 Å². The van der Waals surface area contributed by atoms with Crippen molar-refractivity contribution in [1.29, 1.82) is 0 Å². The van der Waals surface area contributed by atoms with Crippen molar-refractivity contribution in [3.05, 3.63) is 34.4 Å². The van der Waals surface area contributed by atoms with E-state index in [1.54, 1.807) is 0 Å². The number of carbonyl (C=O) groups is 2. The van der Waals surface area contributed by atoms with Crippen molar-refractivity contribution in [2.45, 2.75) is 38.8 Å². The molecule has 0 radical (unpaired) electrons. The van der Waals surface area contributed by atoms with Crippen LogP contribution in [-0.2, 0) is 9.59 Å². The number of rotatable bonds is 8. The standard InChI is InChI=1S/C14H19N3O5.ClH/c1-3-5-12(14(19)20)15-9(2)13(18)16-10-6-4-7-11(8-10)17(21)22;/h4,6-9,12,15H,3,5H2,1-2H3,(H,16,18)(H,19,20);1H. The minimum Gasteiger partial charge on any atom is -0.480 e. The lowest BCUT2D eigenvalue weighted by Gasteiger charge is -2.19. The molecule has 2 unspecified atom stereocenters. The highest BCUT2D eigenvalue weighted by atomic mass is 35.5. The smallest absolute Gasteiger partial charge is 0.320 e. The fraction of sp³-hybridized carbons (Fsp3) is 0.429. The number of hydrogen-bond donors (Lipinski definition) is 3. The Bertz CT molecular complexity index is 567. The van der Waals surface area contributed by atoms with E-state index in [-0.39, 0.29) is 23.8 Å². The Balaban J connectivity index is 0.00000484. The van der Waals surface area contributed by atoms with Crippen molar-refractivity contribution in [3.8, 4) is 0 Å². The van der Waals surface area contributed by atoms with Gasteiger partial charge in [-0.25, -0.2) is 0 Å². The Morgan fingerprint density at radius 1 is 1.39 bits per heavy atom. The van der Waals surface area contributed by atoms with Gasteiger partial charge in [-0.3, -0.25) is 25.0 Å². The highest BCUT2D eigenvalue weighted by Crippen LogP contribution is 2.17. The summed E-state index contributed by atoms with van der Waals surface area (Å²) in [4.78, 5) is 33.2. The molecule has 0 saturated carbocycles. The summed E-state index contributed by atoms with van der Waals surface area (Å²) in [5.74, 6) is -1.47. The van der Waals surface area contributed by atoms with E-state index in [0.29, 0.717) is 12.8 Å². The van der Waals surface area contributed by atoms with Crippen molar-refractivity contribution in [1.82, 2.24) is 5.32 Å². The van der Waals surface area contributed by atoms with Gasteiger partial charge in [0.05, 0.1) is 11.0 Å². The van der Waals surface area contributed by atoms with Crippen LogP contribution in [0.4, 0.5) is 11.4 Å². The molecule has 128 valence electrons. The first kappa shape index (κ1) is 20.8. The van der Waals surface area contributed by atoms with Crippen molar-refractivity contribution in [2.24, 2.45) is 0 Å². The average molecular weight is 346 g/mol. The molecule has 0 aromatic heterocycles. The van der Waals surface area contributed by atoms with Crippen LogP contribution in [0.3, 0.4) is 0 Å². The molecule has 0 aliphatic carbocycles. The first-order valence-electron chi connectivity index (χ1n) is 6.89. The predicted molar refractivity (Wildman–Crippen MR) is 87.9 cm³/mol. The largest absolute Gasteiger partial charge is 0.480 e. The lowest BCUT2D eigenvalue weighted by atomic mass is 10.1. The number of nitro groups is 1. The van der Waals surface area contributed by atoms with Gasteiger partial charge in [-0.15, -0.1) is 12.4 Å². The third-order valence-corrected chi connectivity index (χ3v) is 3.04. The van der Waals surface area contributed by atoms with Gasteiger partial charge in [-0.1, -0.05) is 19.4 Å². The van der Waals surface area contributed by atoms with Crippen molar-refractivity contribution in [3.63, 3.8) is 0 Å². The number of nitro benzene ring substituents is 1. The lowest BCUT2D eigenvalue weighted by molar-refractivity contribution is -0.384. The number of carboxylic acids is 1. The molecule has 1 rings (SSSR count). The molecule has 1 aromatic carbocycles. The number of amides is 1. The van der Waals surface area contributed by atoms with E-state index in [2.05, 4.69) is 10.6 Å². The second-order valence-electron chi connectivity index (χ2n) is 4.86. The van der Waals surface area contributed by atoms with Gasteiger partial charge in [0.15, 0.2) is 0 Å². The summed E-state index contributed by atoms with van der Waals surface area (Å²) in [6.07, 6.45) is 1.08. The number of hydrogen-bond acceptors (Lipinski definition) is 5. The third-order valence-electron chi connectivity index (χ3n) is 3.04. The van der Waals surface area contributed by atoms with E-state index in [0.717, 1.165) is 0 Å².